The molecule has 5 nitrogen and oxygen atoms in total. The monoisotopic (exact) mass is 262 g/mol. The largest absolute Gasteiger partial charge is 0.472 e. The van der Waals surface area contributed by atoms with Crippen LogP contribution in [-0.4, -0.2) is 16.4 Å². The van der Waals surface area contributed by atoms with Gasteiger partial charge in [-0.3, -0.25) is 4.40 Å². The number of anilines is 1. The molecule has 3 aromatic heterocycles. The summed E-state index contributed by atoms with van der Waals surface area (Å²) in [7, 11) is 2.01. The Bertz CT molecular complexity index is 640. The number of nitrogens with zero attached hydrogens (tertiary/aromatic N) is 3. The highest BCUT2D eigenvalue weighted by Gasteiger charge is 2.15. The average molecular weight is 262 g/mol. The van der Waals surface area contributed by atoms with Gasteiger partial charge in [0.1, 0.15) is 0 Å². The van der Waals surface area contributed by atoms with E-state index < -0.39 is 0 Å². The van der Waals surface area contributed by atoms with E-state index in [9.17, 15) is 0 Å². The standard InChI is InChI=1S/C12H14N4OS/c1-15(7-9-2-4-17-8-9)11-10(6-13)16-3-5-18-12(16)14-11/h2-5,8H,6-7,13H2,1H3. The summed E-state index contributed by atoms with van der Waals surface area (Å²) in [6.45, 7) is 1.23. The van der Waals surface area contributed by atoms with Crippen LogP contribution >= 0.6 is 11.3 Å². The summed E-state index contributed by atoms with van der Waals surface area (Å²) in [5.74, 6) is 0.936. The van der Waals surface area contributed by atoms with Crippen LogP contribution in [0, 0.1) is 0 Å². The normalized spacial score (nSPS) is 11.2. The van der Waals surface area contributed by atoms with Crippen LogP contribution in [0.25, 0.3) is 4.96 Å². The van der Waals surface area contributed by atoms with E-state index in [1.165, 1.54) is 0 Å². The molecule has 0 saturated carbocycles. The average Bonchev–Trinajstić information content (AvgIpc) is 3.03. The number of furan rings is 1. The molecule has 0 saturated heterocycles. The van der Waals surface area contributed by atoms with Gasteiger partial charge in [-0.25, -0.2) is 4.98 Å². The highest BCUT2D eigenvalue weighted by Crippen LogP contribution is 2.24. The predicted octanol–water partition coefficient (Wildman–Crippen LogP) is 2.08. The molecule has 0 bridgehead atoms. The fourth-order valence-corrected chi connectivity index (χ4v) is 2.78. The van der Waals surface area contributed by atoms with E-state index in [2.05, 4.69) is 9.88 Å². The minimum absolute atomic E-state index is 0.475. The van der Waals surface area contributed by atoms with Crippen molar-refractivity contribution in [1.82, 2.24) is 9.38 Å². The van der Waals surface area contributed by atoms with Crippen molar-refractivity contribution in [2.75, 3.05) is 11.9 Å². The van der Waals surface area contributed by atoms with Crippen molar-refractivity contribution in [3.63, 3.8) is 0 Å². The maximum atomic E-state index is 5.83. The first-order valence-electron chi connectivity index (χ1n) is 5.66. The number of thiazole rings is 1. The molecule has 3 heterocycles. The lowest BCUT2D eigenvalue weighted by Crippen LogP contribution is -2.19. The number of rotatable bonds is 4. The number of hydrogen-bond donors (Lipinski definition) is 1. The topological polar surface area (TPSA) is 59.7 Å². The van der Waals surface area contributed by atoms with Gasteiger partial charge in [0.25, 0.3) is 0 Å². The quantitative estimate of drug-likeness (QED) is 0.782. The van der Waals surface area contributed by atoms with Gasteiger partial charge < -0.3 is 15.1 Å². The lowest BCUT2D eigenvalue weighted by atomic mass is 10.3. The lowest BCUT2D eigenvalue weighted by Gasteiger charge is -2.16. The second kappa shape index (κ2) is 4.47. The molecule has 0 amide bonds. The molecular weight excluding hydrogens is 248 g/mol. The molecule has 0 unspecified atom stereocenters. The second-order valence-corrected chi connectivity index (χ2v) is 5.00. The van der Waals surface area contributed by atoms with Gasteiger partial charge in [0.05, 0.1) is 18.2 Å². The van der Waals surface area contributed by atoms with Crippen molar-refractivity contribution in [2.45, 2.75) is 13.1 Å². The van der Waals surface area contributed by atoms with Gasteiger partial charge in [-0.05, 0) is 6.07 Å². The molecule has 6 heteroatoms. The first-order chi connectivity index (χ1) is 8.79. The van der Waals surface area contributed by atoms with Crippen molar-refractivity contribution < 1.29 is 4.42 Å². The fraction of sp³-hybridized carbons (Fsp3) is 0.250. The van der Waals surface area contributed by atoms with E-state index in [0.29, 0.717) is 6.54 Å². The minimum atomic E-state index is 0.475. The summed E-state index contributed by atoms with van der Waals surface area (Å²) in [5, 5.41) is 2.02. The Morgan fingerprint density at radius 3 is 3.17 bits per heavy atom. The Kier molecular flexibility index (Phi) is 2.81. The van der Waals surface area contributed by atoms with Crippen LogP contribution in [0.4, 0.5) is 5.82 Å². The first-order valence-corrected chi connectivity index (χ1v) is 6.54. The van der Waals surface area contributed by atoms with Crippen LogP contribution in [0.2, 0.25) is 0 Å². The van der Waals surface area contributed by atoms with Crippen LogP contribution in [0.15, 0.2) is 34.6 Å². The SMILES string of the molecule is CN(Cc1ccoc1)c1nc2sccn2c1CN. The van der Waals surface area contributed by atoms with Crippen molar-refractivity contribution in [1.29, 1.82) is 0 Å². The van der Waals surface area contributed by atoms with E-state index in [0.717, 1.165) is 28.6 Å². The van der Waals surface area contributed by atoms with E-state index in [4.69, 9.17) is 10.2 Å². The van der Waals surface area contributed by atoms with Crippen molar-refractivity contribution >= 4 is 22.1 Å². The van der Waals surface area contributed by atoms with Gasteiger partial charge in [0, 0.05) is 37.3 Å². The van der Waals surface area contributed by atoms with Crippen LogP contribution in [-0.2, 0) is 13.1 Å². The van der Waals surface area contributed by atoms with E-state index in [1.54, 1.807) is 23.9 Å². The van der Waals surface area contributed by atoms with Crippen LogP contribution < -0.4 is 10.6 Å². The van der Waals surface area contributed by atoms with Gasteiger partial charge in [-0.15, -0.1) is 11.3 Å². The van der Waals surface area contributed by atoms with Gasteiger partial charge >= 0.3 is 0 Å². The summed E-state index contributed by atoms with van der Waals surface area (Å²) in [5.41, 5.74) is 7.99. The summed E-state index contributed by atoms with van der Waals surface area (Å²) in [4.78, 5) is 7.69. The molecule has 0 aromatic carbocycles. The Labute approximate surface area is 108 Å². The van der Waals surface area contributed by atoms with Crippen LogP contribution in [0.3, 0.4) is 0 Å². The minimum Gasteiger partial charge on any atom is -0.472 e. The molecule has 3 aromatic rings. The maximum Gasteiger partial charge on any atom is 0.195 e. The molecule has 0 aliphatic heterocycles. The maximum absolute atomic E-state index is 5.83. The van der Waals surface area contributed by atoms with Crippen molar-refractivity contribution in [3.8, 4) is 0 Å². The molecular formula is C12H14N4OS. The number of hydrogen-bond acceptors (Lipinski definition) is 5. The molecule has 0 spiro atoms. The molecule has 0 atom stereocenters. The smallest absolute Gasteiger partial charge is 0.195 e. The molecule has 0 radical (unpaired) electrons. The third kappa shape index (κ3) is 1.79. The zero-order valence-electron chi connectivity index (χ0n) is 10.0. The molecule has 3 rings (SSSR count). The Morgan fingerprint density at radius 1 is 1.56 bits per heavy atom. The Morgan fingerprint density at radius 2 is 2.44 bits per heavy atom. The first kappa shape index (κ1) is 11.3. The number of aromatic nitrogens is 2. The number of imidazole rings is 1. The Hall–Kier alpha value is -1.79. The zero-order chi connectivity index (χ0) is 12.5. The van der Waals surface area contributed by atoms with Crippen LogP contribution in [0.1, 0.15) is 11.3 Å². The third-order valence-corrected chi connectivity index (χ3v) is 3.65. The highest BCUT2D eigenvalue weighted by molar-refractivity contribution is 7.15. The molecule has 0 fully saturated rings. The molecule has 18 heavy (non-hydrogen) atoms. The van der Waals surface area contributed by atoms with Crippen molar-refractivity contribution in [3.05, 3.63) is 41.4 Å². The van der Waals surface area contributed by atoms with E-state index in [1.807, 2.05) is 29.1 Å². The number of fused-ring (bicyclic) bond motifs is 1. The van der Waals surface area contributed by atoms with E-state index >= 15 is 0 Å². The van der Waals surface area contributed by atoms with Gasteiger partial charge in [0.15, 0.2) is 10.8 Å². The number of nitrogens with two attached hydrogens (primary N) is 1. The lowest BCUT2D eigenvalue weighted by molar-refractivity contribution is 0.563. The van der Waals surface area contributed by atoms with E-state index in [-0.39, 0.29) is 0 Å². The summed E-state index contributed by atoms with van der Waals surface area (Å²) in [6.07, 6.45) is 5.43. The predicted molar refractivity (Wildman–Crippen MR) is 71.8 cm³/mol. The molecule has 94 valence electrons. The zero-order valence-corrected chi connectivity index (χ0v) is 10.9. The van der Waals surface area contributed by atoms with Gasteiger partial charge in [0.2, 0.25) is 0 Å². The molecule has 2 N–H and O–H groups in total. The summed E-state index contributed by atoms with van der Waals surface area (Å²) < 4.78 is 7.12. The highest BCUT2D eigenvalue weighted by atomic mass is 32.1. The second-order valence-electron chi connectivity index (χ2n) is 4.13. The fourth-order valence-electron chi connectivity index (χ4n) is 2.05. The Balaban J connectivity index is 1.95. The molecule has 0 aliphatic rings. The van der Waals surface area contributed by atoms with Gasteiger partial charge in [-0.1, -0.05) is 0 Å². The summed E-state index contributed by atoms with van der Waals surface area (Å²) >= 11 is 1.61. The summed E-state index contributed by atoms with van der Waals surface area (Å²) in [6, 6.07) is 1.96. The van der Waals surface area contributed by atoms with Crippen LogP contribution in [0.5, 0.6) is 0 Å². The third-order valence-electron chi connectivity index (χ3n) is 2.89. The van der Waals surface area contributed by atoms with Crippen molar-refractivity contribution in [2.24, 2.45) is 5.73 Å². The van der Waals surface area contributed by atoms with Gasteiger partial charge in [-0.2, -0.15) is 0 Å². The molecule has 0 aliphatic carbocycles.